The number of anilines is 3. The van der Waals surface area contributed by atoms with Crippen LogP contribution < -0.4 is 16.0 Å². The summed E-state index contributed by atoms with van der Waals surface area (Å²) in [7, 11) is 2.12. The van der Waals surface area contributed by atoms with Gasteiger partial charge in [0.1, 0.15) is 30.8 Å². The summed E-state index contributed by atoms with van der Waals surface area (Å²) in [5.74, 6) is 0.756. The van der Waals surface area contributed by atoms with Crippen molar-refractivity contribution in [1.29, 1.82) is 0 Å². The molecule has 2 radical (unpaired) electrons. The first-order valence-corrected chi connectivity index (χ1v) is 11.9. The minimum Gasteiger partial charge on any atom is -0.385 e. The Labute approximate surface area is 183 Å². The quantitative estimate of drug-likeness (QED) is 0.384. The van der Waals surface area contributed by atoms with Gasteiger partial charge in [0.25, 0.3) is 0 Å². The fourth-order valence-corrected chi connectivity index (χ4v) is 5.83. The van der Waals surface area contributed by atoms with Gasteiger partial charge in [0.15, 0.2) is 29.5 Å². The summed E-state index contributed by atoms with van der Waals surface area (Å²) in [5.41, 5.74) is 6.15. The van der Waals surface area contributed by atoms with Crippen molar-refractivity contribution in [2.45, 2.75) is 34.9 Å². The molecular weight excluding hydrogens is 452 g/mol. The van der Waals surface area contributed by atoms with E-state index >= 15 is 0 Å². The van der Waals surface area contributed by atoms with Crippen LogP contribution in [0.1, 0.15) is 0 Å². The first-order valence-electron chi connectivity index (χ1n) is 8.97. The first-order chi connectivity index (χ1) is 14.3. The van der Waals surface area contributed by atoms with Crippen molar-refractivity contribution in [3.63, 3.8) is 0 Å². The normalized spacial score (nSPS) is 35.0. The molecule has 30 heavy (non-hydrogen) atoms. The molecular formula is C16H17BClN5O5PS+. The lowest BCUT2D eigenvalue weighted by molar-refractivity contribution is -0.0443. The molecule has 1 aromatic carbocycles. The fraction of sp³-hybridized carbons (Fsp3) is 0.375. The molecule has 2 saturated heterocycles. The topological polar surface area (TPSA) is 135 Å². The number of thioether (sulfide) groups is 1. The lowest BCUT2D eigenvalue weighted by atomic mass is 10.1. The third-order valence-corrected chi connectivity index (χ3v) is 7.39. The molecule has 3 aliphatic rings. The molecule has 0 amide bonds. The summed E-state index contributed by atoms with van der Waals surface area (Å²) in [6, 6.07) is 7.34. The number of fused-ring (bicyclic) bond motifs is 2. The highest BCUT2D eigenvalue weighted by Crippen LogP contribution is 2.58. The van der Waals surface area contributed by atoms with Crippen LogP contribution in [-0.2, 0) is 13.8 Å². The van der Waals surface area contributed by atoms with Gasteiger partial charge in [-0.3, -0.25) is 4.90 Å². The van der Waals surface area contributed by atoms with E-state index in [2.05, 4.69) is 15.3 Å². The van der Waals surface area contributed by atoms with Crippen LogP contribution in [0.4, 0.5) is 17.3 Å². The molecule has 3 aliphatic heterocycles. The Morgan fingerprint density at radius 1 is 1.33 bits per heavy atom. The summed E-state index contributed by atoms with van der Waals surface area (Å²) >= 11 is 7.45. The summed E-state index contributed by atoms with van der Waals surface area (Å²) in [6.07, 6.45) is -2.06. The lowest BCUT2D eigenvalue weighted by Crippen LogP contribution is -2.49. The van der Waals surface area contributed by atoms with Gasteiger partial charge < -0.3 is 20.9 Å². The molecule has 2 aromatic rings. The van der Waals surface area contributed by atoms with Crippen molar-refractivity contribution in [2.24, 2.45) is 0 Å². The van der Waals surface area contributed by atoms with Gasteiger partial charge in [-0.05, 0) is 24.3 Å². The maximum absolute atomic E-state index is 11.0. The number of aliphatic hydroxyl groups excluding tert-OH is 1. The van der Waals surface area contributed by atoms with E-state index in [0.29, 0.717) is 16.5 Å². The van der Waals surface area contributed by atoms with Crippen LogP contribution in [-0.4, -0.2) is 64.2 Å². The molecule has 6 atom stereocenters. The number of benzene rings is 1. The predicted molar refractivity (Wildman–Crippen MR) is 114 cm³/mol. The number of nitrogen functional groups attached to an aromatic ring is 1. The van der Waals surface area contributed by atoms with Crippen molar-refractivity contribution < 1.29 is 23.8 Å². The van der Waals surface area contributed by atoms with Crippen LogP contribution in [0.3, 0.4) is 0 Å². The lowest BCUT2D eigenvalue weighted by Gasteiger charge is -2.32. The second-order valence-electron chi connectivity index (χ2n) is 6.92. The van der Waals surface area contributed by atoms with Gasteiger partial charge in [-0.15, -0.1) is 0 Å². The Hall–Kier alpha value is -1.37. The highest BCUT2D eigenvalue weighted by Gasteiger charge is 2.59. The molecule has 5 unspecified atom stereocenters. The largest absolute Gasteiger partial charge is 0.488 e. The average molecular weight is 469 g/mol. The van der Waals surface area contributed by atoms with Crippen molar-refractivity contribution in [3.8, 4) is 0 Å². The van der Waals surface area contributed by atoms with Gasteiger partial charge in [0.2, 0.25) is 0 Å². The maximum atomic E-state index is 11.0. The average Bonchev–Trinajstić information content (AvgIpc) is 3.21. The number of halogens is 1. The monoisotopic (exact) mass is 468 g/mol. The molecule has 14 heteroatoms. The minimum absolute atomic E-state index is 0.00797. The van der Waals surface area contributed by atoms with Crippen LogP contribution in [0.15, 0.2) is 35.5 Å². The Balaban J connectivity index is 1.47. The number of rotatable bonds is 3. The van der Waals surface area contributed by atoms with Gasteiger partial charge in [0.05, 0.1) is 0 Å². The molecule has 4 heterocycles. The Kier molecular flexibility index (Phi) is 5.23. The van der Waals surface area contributed by atoms with Crippen molar-refractivity contribution >= 4 is 56.1 Å². The third kappa shape index (κ3) is 3.61. The maximum Gasteiger partial charge on any atom is 0.488 e. The Morgan fingerprint density at radius 2 is 2.10 bits per heavy atom. The Morgan fingerprint density at radius 3 is 2.87 bits per heavy atom. The van der Waals surface area contributed by atoms with Gasteiger partial charge in [0, 0.05) is 9.92 Å². The van der Waals surface area contributed by atoms with Gasteiger partial charge in [-0.1, -0.05) is 23.4 Å². The van der Waals surface area contributed by atoms with E-state index in [1.807, 2.05) is 12.1 Å². The second kappa shape index (κ2) is 7.65. The Bertz CT molecular complexity index is 962. The summed E-state index contributed by atoms with van der Waals surface area (Å²) in [4.78, 5) is 21.0. The summed E-state index contributed by atoms with van der Waals surface area (Å²) in [6.45, 7) is 0.00797. The summed E-state index contributed by atoms with van der Waals surface area (Å²) in [5, 5.41) is 14.9. The van der Waals surface area contributed by atoms with Crippen molar-refractivity contribution in [1.82, 2.24) is 9.97 Å². The number of aromatic nitrogens is 2. The molecule has 5 N–H and O–H groups in total. The van der Waals surface area contributed by atoms with Gasteiger partial charge >= 0.3 is 15.4 Å². The molecule has 0 bridgehead atoms. The molecule has 1 aromatic heterocycles. The number of ether oxygens (including phenoxy) is 1. The van der Waals surface area contributed by atoms with E-state index in [1.165, 1.54) is 18.1 Å². The zero-order valence-corrected chi connectivity index (χ0v) is 17.8. The van der Waals surface area contributed by atoms with E-state index in [9.17, 15) is 10.00 Å². The van der Waals surface area contributed by atoms with Crippen molar-refractivity contribution in [2.75, 3.05) is 22.6 Å². The van der Waals surface area contributed by atoms with E-state index in [1.54, 1.807) is 17.0 Å². The van der Waals surface area contributed by atoms with E-state index < -0.39 is 37.9 Å². The predicted octanol–water partition coefficient (Wildman–Crippen LogP) is 1.36. The molecule has 10 nitrogen and oxygen atoms in total. The zero-order valence-electron chi connectivity index (χ0n) is 15.3. The molecule has 5 rings (SSSR count). The zero-order chi connectivity index (χ0) is 21.0. The van der Waals surface area contributed by atoms with E-state index in [0.717, 1.165) is 4.90 Å². The molecule has 2 fully saturated rings. The van der Waals surface area contributed by atoms with Crippen LogP contribution in [0, 0.1) is 0 Å². The highest BCUT2D eigenvalue weighted by atomic mass is 35.5. The number of nitrogens with zero attached hydrogens (tertiary/aromatic N) is 3. The smallest absolute Gasteiger partial charge is 0.385 e. The van der Waals surface area contributed by atoms with Crippen LogP contribution in [0.25, 0.3) is 0 Å². The molecule has 156 valence electrons. The summed E-state index contributed by atoms with van der Waals surface area (Å²) < 4.78 is 16.6. The van der Waals surface area contributed by atoms with Crippen LogP contribution in [0.5, 0.6) is 0 Å². The second-order valence-corrected chi connectivity index (χ2v) is 10.1. The standard InChI is InChI=1S/C16H17BClN5O5PS/c17-29(25)26-5-9-12(28-29)11(24)15(27-9)23-14-10(13(19)20-6-21-14)22-16(23)30-8-3-1-7(18)2-4-8/h1-4,6,9,11-12,15-16,22,24-25H,5H2,(H2,19,20,21)/q+1/t9?,11?,12-,15?,16?,29?/m1/s1. The van der Waals surface area contributed by atoms with Gasteiger partial charge in [-0.2, -0.15) is 9.05 Å². The SMILES string of the molecule is [B][P+]1(O)OCC2OC(N3c4ncnc(N)c4NC3Sc3ccc(Cl)cc3)C(O)[C@@H]2O1. The molecule has 0 aliphatic carbocycles. The highest BCUT2D eigenvalue weighted by molar-refractivity contribution is 8.00. The number of hydrogen-bond acceptors (Lipinski definition) is 11. The van der Waals surface area contributed by atoms with Crippen LogP contribution in [0.2, 0.25) is 5.02 Å². The third-order valence-electron chi connectivity index (χ3n) is 4.96. The van der Waals surface area contributed by atoms with E-state index in [4.69, 9.17) is 38.7 Å². The minimum atomic E-state index is -3.49. The number of nitrogens with two attached hydrogens (primary N) is 1. The van der Waals surface area contributed by atoms with Crippen LogP contribution >= 0.6 is 31.2 Å². The molecule has 0 saturated carbocycles. The first kappa shape index (κ1) is 20.5. The van der Waals surface area contributed by atoms with E-state index in [-0.39, 0.29) is 12.4 Å². The number of nitrogens with one attached hydrogen (secondary N) is 1. The number of aliphatic hydroxyl groups is 1. The van der Waals surface area contributed by atoms with Crippen molar-refractivity contribution in [3.05, 3.63) is 35.6 Å². The molecule has 0 spiro atoms. The number of hydrogen-bond donors (Lipinski definition) is 4. The van der Waals surface area contributed by atoms with Gasteiger partial charge in [-0.25, -0.2) is 14.9 Å². The fourth-order valence-electron chi connectivity index (χ4n) is 3.61.